The van der Waals surface area contributed by atoms with Crippen LogP contribution in [0.5, 0.6) is 0 Å². The molecular formula is C24H33N. The molecule has 134 valence electrons. The van der Waals surface area contributed by atoms with Crippen molar-refractivity contribution in [1.29, 1.82) is 5.26 Å². The molecule has 1 atom stereocenters. The van der Waals surface area contributed by atoms with Gasteiger partial charge in [-0.25, -0.2) is 0 Å². The first-order valence-corrected chi connectivity index (χ1v) is 9.66. The molecule has 0 saturated carbocycles. The van der Waals surface area contributed by atoms with Crippen LogP contribution in [-0.2, 0) is 0 Å². The van der Waals surface area contributed by atoms with Crippen LogP contribution in [0.3, 0.4) is 0 Å². The minimum Gasteiger partial charge on any atom is -0.192 e. The van der Waals surface area contributed by atoms with Crippen molar-refractivity contribution in [3.63, 3.8) is 0 Å². The van der Waals surface area contributed by atoms with Crippen LogP contribution in [0.1, 0.15) is 76.8 Å². The van der Waals surface area contributed by atoms with Crippen LogP contribution < -0.4 is 0 Å². The number of hydrogen-bond donors (Lipinski definition) is 0. The highest BCUT2D eigenvalue weighted by Gasteiger charge is 2.05. The standard InChI is InChI=1S/C24H33N/c1-5-7-8-9-10-11-12-20(3)23(6-2)16-13-21(4)24-17-14-22(19-25)15-18-24/h6,13-18,20H,4-5,7-12H2,1-3H3. The van der Waals surface area contributed by atoms with E-state index in [2.05, 4.69) is 51.6 Å². The van der Waals surface area contributed by atoms with Gasteiger partial charge in [0.05, 0.1) is 11.6 Å². The Bertz CT molecular complexity index is 610. The molecule has 1 aromatic carbocycles. The van der Waals surface area contributed by atoms with Crippen molar-refractivity contribution in [2.24, 2.45) is 5.92 Å². The smallest absolute Gasteiger partial charge is 0.0991 e. The van der Waals surface area contributed by atoms with Crippen LogP contribution in [0.15, 0.2) is 54.6 Å². The molecule has 1 heteroatoms. The third kappa shape index (κ3) is 8.03. The van der Waals surface area contributed by atoms with Gasteiger partial charge in [0.25, 0.3) is 0 Å². The molecule has 1 nitrogen and oxygen atoms in total. The number of allylic oxidation sites excluding steroid dienone is 5. The molecule has 0 saturated heterocycles. The fourth-order valence-electron chi connectivity index (χ4n) is 2.99. The minimum absolute atomic E-state index is 0.584. The summed E-state index contributed by atoms with van der Waals surface area (Å²) in [6, 6.07) is 9.74. The molecule has 0 aromatic heterocycles. The second-order valence-corrected chi connectivity index (χ2v) is 6.79. The van der Waals surface area contributed by atoms with E-state index in [1.54, 1.807) is 0 Å². The van der Waals surface area contributed by atoms with E-state index in [9.17, 15) is 0 Å². The van der Waals surface area contributed by atoms with Gasteiger partial charge >= 0.3 is 0 Å². The molecule has 0 heterocycles. The minimum atomic E-state index is 0.584. The molecule has 0 aliphatic carbocycles. The molecule has 0 N–H and O–H groups in total. The first-order chi connectivity index (χ1) is 12.1. The monoisotopic (exact) mass is 335 g/mol. The molecule has 0 radical (unpaired) electrons. The van der Waals surface area contributed by atoms with Crippen molar-refractivity contribution in [3.05, 3.63) is 65.8 Å². The van der Waals surface area contributed by atoms with Crippen molar-refractivity contribution in [2.45, 2.75) is 65.7 Å². The lowest BCUT2D eigenvalue weighted by atomic mass is 9.93. The predicted octanol–water partition coefficient (Wildman–Crippen LogP) is 7.46. The molecule has 1 unspecified atom stereocenters. The van der Waals surface area contributed by atoms with E-state index in [4.69, 9.17) is 5.26 Å². The molecule has 0 bridgehead atoms. The van der Waals surface area contributed by atoms with Crippen molar-refractivity contribution in [1.82, 2.24) is 0 Å². The molecule has 0 spiro atoms. The summed E-state index contributed by atoms with van der Waals surface area (Å²) in [5.74, 6) is 0.584. The van der Waals surface area contributed by atoms with Gasteiger partial charge in [-0.3, -0.25) is 0 Å². The summed E-state index contributed by atoms with van der Waals surface area (Å²) in [5, 5.41) is 8.87. The van der Waals surface area contributed by atoms with Gasteiger partial charge in [-0.15, -0.1) is 0 Å². The lowest BCUT2D eigenvalue weighted by Crippen LogP contribution is -1.97. The van der Waals surface area contributed by atoms with Crippen molar-refractivity contribution < 1.29 is 0 Å². The zero-order valence-electron chi connectivity index (χ0n) is 16.2. The molecule has 1 rings (SSSR count). The van der Waals surface area contributed by atoms with Gasteiger partial charge in [-0.2, -0.15) is 5.26 Å². The number of unbranched alkanes of at least 4 members (excludes halogenated alkanes) is 5. The van der Waals surface area contributed by atoms with Crippen molar-refractivity contribution in [3.8, 4) is 6.07 Å². The highest BCUT2D eigenvalue weighted by Crippen LogP contribution is 2.22. The van der Waals surface area contributed by atoms with E-state index in [1.165, 1.54) is 50.5 Å². The van der Waals surface area contributed by atoms with E-state index in [0.717, 1.165) is 11.1 Å². The van der Waals surface area contributed by atoms with Gasteiger partial charge in [0.2, 0.25) is 0 Å². The van der Waals surface area contributed by atoms with Crippen molar-refractivity contribution in [2.75, 3.05) is 0 Å². The Kier molecular flexibility index (Phi) is 10.3. The summed E-state index contributed by atoms with van der Waals surface area (Å²) in [6.07, 6.45) is 15.8. The van der Waals surface area contributed by atoms with Gasteiger partial charge in [0.1, 0.15) is 0 Å². The fraction of sp³-hybridized carbons (Fsp3) is 0.458. The zero-order chi connectivity index (χ0) is 18.5. The predicted molar refractivity (Wildman–Crippen MR) is 110 cm³/mol. The number of benzene rings is 1. The summed E-state index contributed by atoms with van der Waals surface area (Å²) in [6.45, 7) is 10.8. The van der Waals surface area contributed by atoms with Gasteiger partial charge in [-0.05, 0) is 48.1 Å². The molecule has 25 heavy (non-hydrogen) atoms. The van der Waals surface area contributed by atoms with Crippen LogP contribution >= 0.6 is 0 Å². The van der Waals surface area contributed by atoms with Crippen LogP contribution in [0.4, 0.5) is 0 Å². The Balaban J connectivity index is 2.49. The molecule has 0 amide bonds. The summed E-state index contributed by atoms with van der Waals surface area (Å²) in [7, 11) is 0. The highest BCUT2D eigenvalue weighted by atomic mass is 14.2. The van der Waals surface area contributed by atoms with E-state index < -0.39 is 0 Å². The maximum Gasteiger partial charge on any atom is 0.0991 e. The van der Waals surface area contributed by atoms with Crippen LogP contribution in [0.25, 0.3) is 5.57 Å². The van der Waals surface area contributed by atoms with Crippen LogP contribution in [-0.4, -0.2) is 0 Å². The number of hydrogen-bond acceptors (Lipinski definition) is 1. The second-order valence-electron chi connectivity index (χ2n) is 6.79. The van der Waals surface area contributed by atoms with Gasteiger partial charge in [-0.1, -0.05) is 89.3 Å². The van der Waals surface area contributed by atoms with Gasteiger partial charge < -0.3 is 0 Å². The Morgan fingerprint density at radius 1 is 1.08 bits per heavy atom. The maximum absolute atomic E-state index is 8.87. The molecule has 0 aliphatic rings. The quantitative estimate of drug-likeness (QED) is 0.304. The summed E-state index contributed by atoms with van der Waals surface area (Å²) in [4.78, 5) is 0. The third-order valence-electron chi connectivity index (χ3n) is 4.75. The number of rotatable bonds is 11. The highest BCUT2D eigenvalue weighted by molar-refractivity contribution is 5.72. The maximum atomic E-state index is 8.87. The Hall–Kier alpha value is -2.07. The van der Waals surface area contributed by atoms with Gasteiger partial charge in [0, 0.05) is 0 Å². The largest absolute Gasteiger partial charge is 0.192 e. The molecular weight excluding hydrogens is 302 g/mol. The molecule has 0 aliphatic heterocycles. The number of nitriles is 1. The zero-order valence-corrected chi connectivity index (χ0v) is 16.2. The van der Waals surface area contributed by atoms with E-state index in [0.29, 0.717) is 11.5 Å². The van der Waals surface area contributed by atoms with E-state index >= 15 is 0 Å². The van der Waals surface area contributed by atoms with Crippen LogP contribution in [0, 0.1) is 17.2 Å². The van der Waals surface area contributed by atoms with Gasteiger partial charge in [0.15, 0.2) is 0 Å². The summed E-state index contributed by atoms with van der Waals surface area (Å²) in [5.41, 5.74) is 4.11. The van der Waals surface area contributed by atoms with Crippen molar-refractivity contribution >= 4 is 5.57 Å². The molecule has 1 aromatic rings. The first kappa shape index (κ1) is 21.0. The van der Waals surface area contributed by atoms with E-state index in [-0.39, 0.29) is 0 Å². The average Bonchev–Trinajstić information content (AvgIpc) is 2.65. The molecule has 0 fully saturated rings. The first-order valence-electron chi connectivity index (χ1n) is 9.66. The number of nitrogens with zero attached hydrogens (tertiary/aromatic N) is 1. The normalized spacial score (nSPS) is 13.0. The third-order valence-corrected chi connectivity index (χ3v) is 4.75. The Morgan fingerprint density at radius 3 is 2.32 bits per heavy atom. The second kappa shape index (κ2) is 12.3. The fourth-order valence-corrected chi connectivity index (χ4v) is 2.99. The Morgan fingerprint density at radius 2 is 1.72 bits per heavy atom. The lowest BCUT2D eigenvalue weighted by Gasteiger charge is -2.13. The lowest BCUT2D eigenvalue weighted by molar-refractivity contribution is 0.533. The summed E-state index contributed by atoms with van der Waals surface area (Å²) >= 11 is 0. The van der Waals surface area contributed by atoms with E-state index in [1.807, 2.05) is 24.3 Å². The topological polar surface area (TPSA) is 23.8 Å². The summed E-state index contributed by atoms with van der Waals surface area (Å²) < 4.78 is 0. The SMILES string of the molecule is C=C(C=CC(=CC)C(C)CCCCCCCC)c1ccc(C#N)cc1. The van der Waals surface area contributed by atoms with Crippen LogP contribution in [0.2, 0.25) is 0 Å². The average molecular weight is 336 g/mol. The Labute approximate surface area is 154 Å².